The smallest absolute Gasteiger partial charge is 0.303 e. The summed E-state index contributed by atoms with van der Waals surface area (Å²) in [5.41, 5.74) is 0.578. The summed E-state index contributed by atoms with van der Waals surface area (Å²) in [6.07, 6.45) is 3.33. The number of rotatable bonds is 10. The Morgan fingerprint density at radius 3 is 2.76 bits per heavy atom. The number of nitrogens with one attached hydrogen (secondary N) is 1. The van der Waals surface area contributed by atoms with Crippen molar-refractivity contribution in [2.24, 2.45) is 0 Å². The van der Waals surface area contributed by atoms with Crippen molar-refractivity contribution in [2.45, 2.75) is 39.0 Å². The van der Waals surface area contributed by atoms with Gasteiger partial charge in [-0.2, -0.15) is 0 Å². The number of amides is 1. The van der Waals surface area contributed by atoms with Crippen molar-refractivity contribution >= 4 is 11.9 Å². The number of hydrogen-bond donors (Lipinski definition) is 2. The normalized spacial score (nSPS) is 10.1. The summed E-state index contributed by atoms with van der Waals surface area (Å²) < 4.78 is 5.49. The van der Waals surface area contributed by atoms with E-state index in [0.29, 0.717) is 30.9 Å². The van der Waals surface area contributed by atoms with E-state index in [1.165, 1.54) is 0 Å². The second kappa shape index (κ2) is 9.80. The zero-order valence-corrected chi connectivity index (χ0v) is 12.4. The maximum Gasteiger partial charge on any atom is 0.303 e. The number of ether oxygens (including phenoxy) is 1. The first kappa shape index (κ1) is 17.0. The second-order valence-corrected chi connectivity index (χ2v) is 4.84. The molecule has 0 saturated carbocycles. The summed E-state index contributed by atoms with van der Waals surface area (Å²) in [7, 11) is 0. The minimum atomic E-state index is -0.775. The minimum absolute atomic E-state index is 0.129. The summed E-state index contributed by atoms with van der Waals surface area (Å²) in [6, 6.07) is 7.11. The van der Waals surface area contributed by atoms with E-state index in [9.17, 15) is 9.59 Å². The summed E-state index contributed by atoms with van der Waals surface area (Å²) in [4.78, 5) is 22.3. The lowest BCUT2D eigenvalue weighted by Crippen LogP contribution is -2.24. The molecule has 5 heteroatoms. The van der Waals surface area contributed by atoms with Gasteiger partial charge in [0.15, 0.2) is 0 Å². The molecule has 0 aliphatic rings. The molecule has 116 valence electrons. The van der Waals surface area contributed by atoms with Gasteiger partial charge in [-0.25, -0.2) is 0 Å². The molecule has 0 aliphatic heterocycles. The van der Waals surface area contributed by atoms with Gasteiger partial charge in [-0.05, 0) is 37.5 Å². The van der Waals surface area contributed by atoms with Crippen LogP contribution in [0, 0.1) is 0 Å². The number of benzene rings is 1. The Labute approximate surface area is 125 Å². The van der Waals surface area contributed by atoms with Crippen LogP contribution in [0.4, 0.5) is 0 Å². The molecule has 0 aliphatic carbocycles. The van der Waals surface area contributed by atoms with Gasteiger partial charge in [0.1, 0.15) is 5.75 Å². The topological polar surface area (TPSA) is 75.6 Å². The SMILES string of the molecule is CCCOc1cccc(C(=O)NCCCCCC(=O)O)c1. The molecular weight excluding hydrogens is 270 g/mol. The molecule has 2 N–H and O–H groups in total. The minimum Gasteiger partial charge on any atom is -0.494 e. The fourth-order valence-corrected chi connectivity index (χ4v) is 1.83. The third kappa shape index (κ3) is 7.34. The third-order valence-corrected chi connectivity index (χ3v) is 2.92. The molecule has 0 bridgehead atoms. The average Bonchev–Trinajstić information content (AvgIpc) is 2.48. The lowest BCUT2D eigenvalue weighted by molar-refractivity contribution is -0.137. The number of hydrogen-bond acceptors (Lipinski definition) is 3. The van der Waals surface area contributed by atoms with Crippen LogP contribution in [0.1, 0.15) is 49.4 Å². The quantitative estimate of drug-likeness (QED) is 0.650. The lowest BCUT2D eigenvalue weighted by Gasteiger charge is -2.08. The highest BCUT2D eigenvalue weighted by Gasteiger charge is 2.06. The van der Waals surface area contributed by atoms with Crippen LogP contribution in [0.2, 0.25) is 0 Å². The van der Waals surface area contributed by atoms with E-state index >= 15 is 0 Å². The number of carboxylic acids is 1. The van der Waals surface area contributed by atoms with Crippen molar-refractivity contribution in [2.75, 3.05) is 13.2 Å². The molecule has 1 aromatic carbocycles. The van der Waals surface area contributed by atoms with Gasteiger partial charge in [0.2, 0.25) is 0 Å². The number of carbonyl (C=O) groups excluding carboxylic acids is 1. The van der Waals surface area contributed by atoms with Gasteiger partial charge in [-0.3, -0.25) is 9.59 Å². The number of unbranched alkanes of at least 4 members (excludes halogenated alkanes) is 2. The van der Waals surface area contributed by atoms with Crippen molar-refractivity contribution in [3.63, 3.8) is 0 Å². The van der Waals surface area contributed by atoms with Gasteiger partial charge in [0.05, 0.1) is 6.61 Å². The molecular formula is C16H23NO4. The summed E-state index contributed by atoms with van der Waals surface area (Å²) in [5, 5.41) is 11.3. The Balaban J connectivity index is 2.29. The molecule has 0 unspecified atom stereocenters. The standard InChI is InChI=1S/C16H23NO4/c1-2-11-21-14-8-6-7-13(12-14)16(20)17-10-5-3-4-9-15(18)19/h6-8,12H,2-5,9-11H2,1H3,(H,17,20)(H,18,19). The zero-order chi connectivity index (χ0) is 15.5. The maximum atomic E-state index is 12.0. The van der Waals surface area contributed by atoms with E-state index in [1.54, 1.807) is 18.2 Å². The third-order valence-electron chi connectivity index (χ3n) is 2.92. The van der Waals surface area contributed by atoms with E-state index in [-0.39, 0.29) is 12.3 Å². The highest BCUT2D eigenvalue weighted by atomic mass is 16.5. The Morgan fingerprint density at radius 2 is 2.05 bits per heavy atom. The van der Waals surface area contributed by atoms with E-state index in [4.69, 9.17) is 9.84 Å². The largest absolute Gasteiger partial charge is 0.494 e. The predicted octanol–water partition coefficient (Wildman–Crippen LogP) is 2.85. The molecule has 1 amide bonds. The number of carboxylic acid groups (broad SMARTS) is 1. The number of carbonyl (C=O) groups is 2. The summed E-state index contributed by atoms with van der Waals surface area (Å²) in [6.45, 7) is 3.22. The summed E-state index contributed by atoms with van der Waals surface area (Å²) in [5.74, 6) is -0.205. The molecule has 0 spiro atoms. The van der Waals surface area contributed by atoms with Gasteiger partial charge in [-0.15, -0.1) is 0 Å². The Morgan fingerprint density at radius 1 is 1.24 bits per heavy atom. The molecule has 5 nitrogen and oxygen atoms in total. The fourth-order valence-electron chi connectivity index (χ4n) is 1.83. The average molecular weight is 293 g/mol. The second-order valence-electron chi connectivity index (χ2n) is 4.84. The van der Waals surface area contributed by atoms with Gasteiger partial charge in [0, 0.05) is 18.5 Å². The number of aliphatic carboxylic acids is 1. The molecule has 0 saturated heterocycles. The highest BCUT2D eigenvalue weighted by molar-refractivity contribution is 5.94. The Hall–Kier alpha value is -2.04. The van der Waals surface area contributed by atoms with Gasteiger partial charge < -0.3 is 15.2 Å². The van der Waals surface area contributed by atoms with Crippen LogP contribution in [0.25, 0.3) is 0 Å². The van der Waals surface area contributed by atoms with Crippen molar-refractivity contribution < 1.29 is 19.4 Å². The van der Waals surface area contributed by atoms with Gasteiger partial charge >= 0.3 is 5.97 Å². The van der Waals surface area contributed by atoms with Crippen LogP contribution in [0.15, 0.2) is 24.3 Å². The van der Waals surface area contributed by atoms with Crippen molar-refractivity contribution in [1.82, 2.24) is 5.32 Å². The highest BCUT2D eigenvalue weighted by Crippen LogP contribution is 2.13. The molecule has 0 heterocycles. The van der Waals surface area contributed by atoms with E-state index < -0.39 is 5.97 Å². The van der Waals surface area contributed by atoms with E-state index in [1.807, 2.05) is 13.0 Å². The molecule has 0 aromatic heterocycles. The van der Waals surface area contributed by atoms with Crippen LogP contribution in [-0.4, -0.2) is 30.1 Å². The molecule has 21 heavy (non-hydrogen) atoms. The van der Waals surface area contributed by atoms with Gasteiger partial charge in [0.25, 0.3) is 5.91 Å². The monoisotopic (exact) mass is 293 g/mol. The van der Waals surface area contributed by atoms with Crippen molar-refractivity contribution in [1.29, 1.82) is 0 Å². The molecule has 0 atom stereocenters. The summed E-state index contributed by atoms with van der Waals surface area (Å²) >= 11 is 0. The first-order chi connectivity index (χ1) is 10.1. The Bertz CT molecular complexity index is 459. The van der Waals surface area contributed by atoms with E-state index in [0.717, 1.165) is 19.3 Å². The van der Waals surface area contributed by atoms with Crippen molar-refractivity contribution in [3.05, 3.63) is 29.8 Å². The van der Waals surface area contributed by atoms with Crippen LogP contribution in [0.3, 0.4) is 0 Å². The van der Waals surface area contributed by atoms with Crippen LogP contribution in [0.5, 0.6) is 5.75 Å². The first-order valence-corrected chi connectivity index (χ1v) is 7.36. The molecule has 0 fully saturated rings. The van der Waals surface area contributed by atoms with Crippen molar-refractivity contribution in [3.8, 4) is 5.75 Å². The Kier molecular flexibility index (Phi) is 7.94. The molecule has 1 rings (SSSR count). The van der Waals surface area contributed by atoms with E-state index in [2.05, 4.69) is 5.32 Å². The lowest BCUT2D eigenvalue weighted by atomic mass is 10.1. The molecule has 0 radical (unpaired) electrons. The van der Waals surface area contributed by atoms with Crippen LogP contribution in [-0.2, 0) is 4.79 Å². The first-order valence-electron chi connectivity index (χ1n) is 7.36. The van der Waals surface area contributed by atoms with Crippen LogP contribution >= 0.6 is 0 Å². The van der Waals surface area contributed by atoms with Crippen LogP contribution < -0.4 is 10.1 Å². The molecule has 1 aromatic rings. The zero-order valence-electron chi connectivity index (χ0n) is 12.4. The predicted molar refractivity (Wildman–Crippen MR) is 80.7 cm³/mol. The van der Waals surface area contributed by atoms with Gasteiger partial charge in [-0.1, -0.05) is 19.4 Å². The maximum absolute atomic E-state index is 12.0. The fraction of sp³-hybridized carbons (Fsp3) is 0.500.